The zero-order chi connectivity index (χ0) is 13.0. The van der Waals surface area contributed by atoms with Crippen molar-refractivity contribution in [1.29, 1.82) is 0 Å². The van der Waals surface area contributed by atoms with E-state index in [1.165, 1.54) is 37.7 Å². The Morgan fingerprint density at radius 2 is 1.78 bits per heavy atom. The lowest BCUT2D eigenvalue weighted by atomic mass is 9.68. The van der Waals surface area contributed by atoms with Gasteiger partial charge in [0.05, 0.1) is 0 Å². The third kappa shape index (κ3) is 3.07. The molecule has 1 unspecified atom stereocenters. The van der Waals surface area contributed by atoms with Gasteiger partial charge in [0.25, 0.3) is 0 Å². The fourth-order valence-corrected chi connectivity index (χ4v) is 3.40. The van der Waals surface area contributed by atoms with E-state index >= 15 is 0 Å². The zero-order valence-electron chi connectivity index (χ0n) is 11.5. The summed E-state index contributed by atoms with van der Waals surface area (Å²) in [4.78, 5) is 0. The zero-order valence-corrected chi connectivity index (χ0v) is 12.3. The van der Waals surface area contributed by atoms with Crippen molar-refractivity contribution in [3.8, 4) is 0 Å². The van der Waals surface area contributed by atoms with Gasteiger partial charge >= 0.3 is 0 Å². The quantitative estimate of drug-likeness (QED) is 0.811. The van der Waals surface area contributed by atoms with Gasteiger partial charge in [0.1, 0.15) is 0 Å². The highest BCUT2D eigenvalue weighted by Crippen LogP contribution is 2.45. The molecule has 0 amide bonds. The summed E-state index contributed by atoms with van der Waals surface area (Å²) in [6.45, 7) is 5.64. The molecule has 0 saturated heterocycles. The summed E-state index contributed by atoms with van der Waals surface area (Å²) in [5, 5.41) is 4.51. The van der Waals surface area contributed by atoms with E-state index in [4.69, 9.17) is 11.6 Å². The Labute approximate surface area is 116 Å². The summed E-state index contributed by atoms with van der Waals surface area (Å²) in [7, 11) is 0. The summed E-state index contributed by atoms with van der Waals surface area (Å²) in [6.07, 6.45) is 6.79. The molecular weight excluding hydrogens is 242 g/mol. The minimum atomic E-state index is 0.391. The number of halogens is 1. The molecule has 100 valence electrons. The van der Waals surface area contributed by atoms with Gasteiger partial charge in [-0.1, -0.05) is 56.8 Å². The van der Waals surface area contributed by atoms with Gasteiger partial charge in [0.15, 0.2) is 0 Å². The lowest BCUT2D eigenvalue weighted by molar-refractivity contribution is 0.146. The molecule has 0 bridgehead atoms. The summed E-state index contributed by atoms with van der Waals surface area (Å²) in [6, 6.07) is 8.83. The van der Waals surface area contributed by atoms with Gasteiger partial charge in [-0.05, 0) is 42.5 Å². The highest BCUT2D eigenvalue weighted by Gasteiger charge is 2.35. The largest absolute Gasteiger partial charge is 0.310 e. The second-order valence-corrected chi connectivity index (χ2v) is 6.19. The van der Waals surface area contributed by atoms with Crippen LogP contribution in [0, 0.1) is 5.41 Å². The SMILES string of the molecule is CCNC(c1ccc(Cl)cc1)C1(C)CCCCC1. The number of hydrogen-bond acceptors (Lipinski definition) is 1. The number of nitrogens with one attached hydrogen (secondary N) is 1. The highest BCUT2D eigenvalue weighted by atomic mass is 35.5. The molecule has 18 heavy (non-hydrogen) atoms. The number of benzene rings is 1. The predicted octanol–water partition coefficient (Wildman–Crippen LogP) is 4.96. The van der Waals surface area contributed by atoms with Crippen LogP contribution in [0.5, 0.6) is 0 Å². The van der Waals surface area contributed by atoms with Crippen molar-refractivity contribution in [2.45, 2.75) is 52.0 Å². The van der Waals surface area contributed by atoms with Crippen molar-refractivity contribution in [2.75, 3.05) is 6.54 Å². The van der Waals surface area contributed by atoms with Gasteiger partial charge in [-0.3, -0.25) is 0 Å². The Bertz CT molecular complexity index is 365. The maximum atomic E-state index is 5.99. The molecule has 1 nitrogen and oxygen atoms in total. The molecule has 1 N–H and O–H groups in total. The maximum absolute atomic E-state index is 5.99. The molecule has 1 aliphatic carbocycles. The molecule has 0 heterocycles. The van der Waals surface area contributed by atoms with Crippen LogP contribution < -0.4 is 5.32 Å². The molecule has 1 saturated carbocycles. The van der Waals surface area contributed by atoms with Gasteiger partial charge in [-0.2, -0.15) is 0 Å². The predicted molar refractivity (Wildman–Crippen MR) is 79.1 cm³/mol. The minimum absolute atomic E-state index is 0.391. The van der Waals surface area contributed by atoms with E-state index in [1.807, 2.05) is 12.1 Å². The summed E-state index contributed by atoms with van der Waals surface area (Å²) < 4.78 is 0. The molecule has 0 aliphatic heterocycles. The minimum Gasteiger partial charge on any atom is -0.310 e. The Balaban J connectivity index is 2.23. The molecule has 2 heteroatoms. The van der Waals surface area contributed by atoms with Crippen LogP contribution in [-0.2, 0) is 0 Å². The Hall–Kier alpha value is -0.530. The van der Waals surface area contributed by atoms with Crippen LogP contribution in [0.3, 0.4) is 0 Å². The van der Waals surface area contributed by atoms with Crippen molar-refractivity contribution in [2.24, 2.45) is 5.41 Å². The Kier molecular flexibility index (Phi) is 4.69. The first kappa shape index (κ1) is 13.9. The molecule has 0 aromatic heterocycles. The Morgan fingerprint density at radius 3 is 2.33 bits per heavy atom. The van der Waals surface area contributed by atoms with Crippen molar-refractivity contribution < 1.29 is 0 Å². The molecule has 1 aromatic rings. The molecule has 1 aliphatic rings. The fourth-order valence-electron chi connectivity index (χ4n) is 3.27. The lowest BCUT2D eigenvalue weighted by Gasteiger charge is -2.41. The summed E-state index contributed by atoms with van der Waals surface area (Å²) >= 11 is 5.99. The van der Waals surface area contributed by atoms with Crippen LogP contribution in [0.2, 0.25) is 5.02 Å². The second kappa shape index (κ2) is 6.08. The van der Waals surface area contributed by atoms with Gasteiger partial charge in [-0.15, -0.1) is 0 Å². The molecule has 1 fully saturated rings. The van der Waals surface area contributed by atoms with E-state index < -0.39 is 0 Å². The average Bonchev–Trinajstić information content (AvgIpc) is 2.38. The van der Waals surface area contributed by atoms with Crippen LogP contribution in [0.15, 0.2) is 24.3 Å². The van der Waals surface area contributed by atoms with Crippen LogP contribution in [0.1, 0.15) is 57.6 Å². The van der Waals surface area contributed by atoms with Crippen LogP contribution in [-0.4, -0.2) is 6.54 Å². The van der Waals surface area contributed by atoms with E-state index in [1.54, 1.807) is 0 Å². The third-order valence-electron chi connectivity index (χ3n) is 4.30. The van der Waals surface area contributed by atoms with E-state index in [0.717, 1.165) is 11.6 Å². The number of rotatable bonds is 4. The molecule has 2 rings (SSSR count). The second-order valence-electron chi connectivity index (χ2n) is 5.76. The summed E-state index contributed by atoms with van der Waals surface area (Å²) in [5.74, 6) is 0. The van der Waals surface area contributed by atoms with E-state index in [9.17, 15) is 0 Å². The lowest BCUT2D eigenvalue weighted by Crippen LogP contribution is -2.37. The van der Waals surface area contributed by atoms with E-state index in [-0.39, 0.29) is 0 Å². The average molecular weight is 266 g/mol. The van der Waals surface area contributed by atoms with Gasteiger partial charge in [0, 0.05) is 11.1 Å². The molecular formula is C16H24ClN. The summed E-state index contributed by atoms with van der Waals surface area (Å²) in [5.41, 5.74) is 1.77. The van der Waals surface area contributed by atoms with Crippen molar-refractivity contribution in [1.82, 2.24) is 5.32 Å². The Morgan fingerprint density at radius 1 is 1.17 bits per heavy atom. The highest BCUT2D eigenvalue weighted by molar-refractivity contribution is 6.30. The van der Waals surface area contributed by atoms with Crippen LogP contribution in [0.4, 0.5) is 0 Å². The first-order valence-electron chi connectivity index (χ1n) is 7.14. The first-order valence-corrected chi connectivity index (χ1v) is 7.52. The molecule has 0 spiro atoms. The van der Waals surface area contributed by atoms with Crippen LogP contribution in [0.25, 0.3) is 0 Å². The van der Waals surface area contributed by atoms with Crippen molar-refractivity contribution in [3.05, 3.63) is 34.9 Å². The normalized spacial score (nSPS) is 20.6. The van der Waals surface area contributed by atoms with E-state index in [0.29, 0.717) is 11.5 Å². The number of hydrogen-bond donors (Lipinski definition) is 1. The van der Waals surface area contributed by atoms with Gasteiger partial charge in [0.2, 0.25) is 0 Å². The third-order valence-corrected chi connectivity index (χ3v) is 4.56. The maximum Gasteiger partial charge on any atom is 0.0406 e. The fraction of sp³-hybridized carbons (Fsp3) is 0.625. The standard InChI is InChI=1S/C16H24ClN/c1-3-18-15(13-7-9-14(17)10-8-13)16(2)11-5-4-6-12-16/h7-10,15,18H,3-6,11-12H2,1-2H3. The molecule has 1 atom stereocenters. The van der Waals surface area contributed by atoms with E-state index in [2.05, 4.69) is 31.3 Å². The molecule has 1 aromatic carbocycles. The van der Waals surface area contributed by atoms with Crippen LogP contribution >= 0.6 is 11.6 Å². The smallest absolute Gasteiger partial charge is 0.0406 e. The van der Waals surface area contributed by atoms with Gasteiger partial charge in [-0.25, -0.2) is 0 Å². The topological polar surface area (TPSA) is 12.0 Å². The van der Waals surface area contributed by atoms with Crippen molar-refractivity contribution >= 4 is 11.6 Å². The molecule has 0 radical (unpaired) electrons. The van der Waals surface area contributed by atoms with Crippen molar-refractivity contribution in [3.63, 3.8) is 0 Å². The monoisotopic (exact) mass is 265 g/mol. The first-order chi connectivity index (χ1) is 8.65. The van der Waals surface area contributed by atoms with Gasteiger partial charge < -0.3 is 5.32 Å².